The summed E-state index contributed by atoms with van der Waals surface area (Å²) in [6.45, 7) is 4.53. The van der Waals surface area contributed by atoms with Gasteiger partial charge in [0.2, 0.25) is 0 Å². The molecule has 0 N–H and O–H groups in total. The van der Waals surface area contributed by atoms with Crippen molar-refractivity contribution in [2.75, 3.05) is 13.2 Å². The molecule has 0 saturated heterocycles. The van der Waals surface area contributed by atoms with Gasteiger partial charge in [-0.25, -0.2) is 8.42 Å². The zero-order valence-corrected chi connectivity index (χ0v) is 22.7. The molecule has 16 heteroatoms. The van der Waals surface area contributed by atoms with Gasteiger partial charge in [-0.1, -0.05) is 43.0 Å². The van der Waals surface area contributed by atoms with Crippen LogP contribution in [-0.4, -0.2) is 49.5 Å². The van der Waals surface area contributed by atoms with E-state index in [2.05, 4.69) is 79.4 Å². The fraction of sp³-hybridized carbons (Fsp3) is 0.231. The zero-order valence-electron chi connectivity index (χ0n) is 21.0. The predicted molar refractivity (Wildman–Crippen MR) is 134 cm³/mol. The zero-order chi connectivity index (χ0) is 31.8. The second-order valence-corrected chi connectivity index (χ2v) is 11.4. The number of benzene rings is 3. The average molecular weight is 649 g/mol. The van der Waals surface area contributed by atoms with E-state index in [0.29, 0.717) is 13.2 Å². The molecule has 0 atom stereocenters. The highest BCUT2D eigenvalue weighted by Crippen LogP contribution is 2.54. The van der Waals surface area contributed by atoms with Gasteiger partial charge in [-0.05, 0) is 48.5 Å². The van der Waals surface area contributed by atoms with Gasteiger partial charge in [-0.15, -0.1) is 0 Å². The molecule has 3 rings (SSSR count). The molecule has 0 radical (unpaired) electrons. The van der Waals surface area contributed by atoms with Crippen LogP contribution < -0.4 is 4.74 Å². The van der Waals surface area contributed by atoms with Crippen molar-refractivity contribution in [1.29, 1.82) is 0 Å². The highest BCUT2D eigenvalue weighted by atomic mass is 32.2. The summed E-state index contributed by atoms with van der Waals surface area (Å²) in [5.74, 6) is -14.0. The van der Waals surface area contributed by atoms with Gasteiger partial charge >= 0.3 is 23.3 Å². The lowest BCUT2D eigenvalue weighted by atomic mass is 10.1. The third kappa shape index (κ3) is 7.92. The van der Waals surface area contributed by atoms with Gasteiger partial charge in [0.05, 0.1) is 17.2 Å². The van der Waals surface area contributed by atoms with E-state index in [0.717, 1.165) is 5.75 Å². The van der Waals surface area contributed by atoms with Crippen LogP contribution in [0, 0.1) is 0 Å². The summed E-state index contributed by atoms with van der Waals surface area (Å²) in [6, 6.07) is 29.6. The van der Waals surface area contributed by atoms with Crippen molar-refractivity contribution in [2.24, 2.45) is 0 Å². The topological polar surface area (TPSA) is 75.7 Å². The normalized spacial score (nSPS) is 12.7. The lowest BCUT2D eigenvalue weighted by Gasteiger charge is -2.34. The first-order valence-corrected chi connectivity index (χ1v) is 14.0. The summed E-state index contributed by atoms with van der Waals surface area (Å²) in [6.07, 6.45) is -5.73. The summed E-state index contributed by atoms with van der Waals surface area (Å²) < 4.78 is 146. The monoisotopic (exact) mass is 648 g/mol. The van der Waals surface area contributed by atoms with Crippen LogP contribution in [0.4, 0.5) is 39.5 Å². The first-order chi connectivity index (χ1) is 19.4. The van der Waals surface area contributed by atoms with Gasteiger partial charge in [0, 0.05) is 0 Å². The Balaban J connectivity index is 0.000000319. The fourth-order valence-electron chi connectivity index (χ4n) is 3.00. The molecule has 0 spiro atoms. The predicted octanol–water partition coefficient (Wildman–Crippen LogP) is 7.28. The van der Waals surface area contributed by atoms with E-state index in [1.807, 2.05) is 12.1 Å². The van der Waals surface area contributed by atoms with Gasteiger partial charge in [0.25, 0.3) is 0 Å². The minimum Gasteiger partial charge on any atom is -0.743 e. The Morgan fingerprint density at radius 1 is 0.690 bits per heavy atom. The van der Waals surface area contributed by atoms with Crippen LogP contribution >= 0.6 is 0 Å². The first-order valence-electron chi connectivity index (χ1n) is 11.3. The number of ether oxygens (including phenoxy) is 2. The summed E-state index contributed by atoms with van der Waals surface area (Å²) in [5.41, 5.74) is 0. The highest BCUT2D eigenvalue weighted by molar-refractivity contribution is 7.97. The number of halogens is 9. The SMILES string of the molecule is C=COCCOc1ccc([S+](c2ccccc2)c2ccccc2)cc1.O=S(=O)([O-])C(F)(F)C(F)(F)C(F)(F)C(F)(F)F. The number of hydrogen-bond donors (Lipinski definition) is 0. The molecule has 5 nitrogen and oxygen atoms in total. The smallest absolute Gasteiger partial charge is 0.460 e. The highest BCUT2D eigenvalue weighted by Gasteiger charge is 2.83. The second kappa shape index (κ2) is 13.7. The summed E-state index contributed by atoms with van der Waals surface area (Å²) >= 11 is 0. The first kappa shape index (κ1) is 34.8. The molecule has 0 bridgehead atoms. The van der Waals surface area contributed by atoms with Crippen molar-refractivity contribution >= 4 is 21.0 Å². The molecule has 0 aliphatic carbocycles. The van der Waals surface area contributed by atoms with Crippen molar-refractivity contribution in [3.05, 3.63) is 97.8 Å². The largest absolute Gasteiger partial charge is 0.743 e. The van der Waals surface area contributed by atoms with Crippen LogP contribution in [0.1, 0.15) is 0 Å². The molecular weight excluding hydrogens is 627 g/mol. The molecule has 42 heavy (non-hydrogen) atoms. The van der Waals surface area contributed by atoms with Crippen molar-refractivity contribution < 1.29 is 62.0 Å². The minimum absolute atomic E-state index is 0.125. The van der Waals surface area contributed by atoms with Crippen molar-refractivity contribution in [2.45, 2.75) is 38.0 Å². The Morgan fingerprint density at radius 2 is 1.12 bits per heavy atom. The summed E-state index contributed by atoms with van der Waals surface area (Å²) in [7, 11) is -7.54. The molecule has 0 aromatic heterocycles. The summed E-state index contributed by atoms with van der Waals surface area (Å²) in [5, 5.41) is -7.11. The molecule has 0 saturated carbocycles. The Kier molecular flexibility index (Phi) is 11.4. The number of hydrogen-bond acceptors (Lipinski definition) is 5. The van der Waals surface area contributed by atoms with Gasteiger partial charge < -0.3 is 14.0 Å². The molecule has 3 aromatic rings. The van der Waals surface area contributed by atoms with Crippen LogP contribution in [0.2, 0.25) is 0 Å². The maximum absolute atomic E-state index is 12.2. The fourth-order valence-corrected chi connectivity index (χ4v) is 5.53. The third-order valence-electron chi connectivity index (χ3n) is 5.03. The van der Waals surface area contributed by atoms with Crippen LogP contribution in [0.25, 0.3) is 0 Å². The lowest BCUT2D eigenvalue weighted by Crippen LogP contribution is -2.63. The van der Waals surface area contributed by atoms with Crippen molar-refractivity contribution in [3.63, 3.8) is 0 Å². The van der Waals surface area contributed by atoms with E-state index >= 15 is 0 Å². The molecule has 0 aliphatic rings. The second-order valence-electron chi connectivity index (χ2n) is 7.91. The van der Waals surface area contributed by atoms with Crippen LogP contribution in [0.3, 0.4) is 0 Å². The van der Waals surface area contributed by atoms with Crippen LogP contribution in [0.5, 0.6) is 5.75 Å². The molecule has 3 aromatic carbocycles. The average Bonchev–Trinajstić information content (AvgIpc) is 2.92. The molecule has 230 valence electrons. The maximum atomic E-state index is 12.2. The Bertz CT molecular complexity index is 1350. The standard InChI is InChI=1S/C22H21O2S.C4HF9O3S/c1-2-23-17-18-24-19-13-15-22(16-14-19)25(20-9-5-3-6-10-20)21-11-7-4-8-12-21;5-1(6,3(9,10)11)2(7,8)4(12,13)17(14,15)16/h2-16H,1,17-18H2;(H,14,15,16)/q+1;/p-1. The maximum Gasteiger partial charge on any atom is 0.460 e. The Labute approximate surface area is 237 Å². The Morgan fingerprint density at radius 3 is 1.50 bits per heavy atom. The van der Waals surface area contributed by atoms with E-state index < -0.39 is 33.4 Å². The van der Waals surface area contributed by atoms with E-state index in [9.17, 15) is 52.5 Å². The van der Waals surface area contributed by atoms with Gasteiger partial charge in [0.1, 0.15) is 19.0 Å². The minimum atomic E-state index is -7.43. The lowest BCUT2D eigenvalue weighted by molar-refractivity contribution is -0.382. The van der Waals surface area contributed by atoms with Crippen LogP contribution in [-0.2, 0) is 25.7 Å². The van der Waals surface area contributed by atoms with E-state index in [4.69, 9.17) is 9.47 Å². The molecule has 0 heterocycles. The van der Waals surface area contributed by atoms with Crippen molar-refractivity contribution in [3.8, 4) is 5.75 Å². The molecule has 0 amide bonds. The molecule has 0 aliphatic heterocycles. The van der Waals surface area contributed by atoms with E-state index in [-0.39, 0.29) is 10.9 Å². The van der Waals surface area contributed by atoms with E-state index in [1.54, 1.807) is 0 Å². The summed E-state index contributed by atoms with van der Waals surface area (Å²) in [4.78, 5) is 3.88. The number of rotatable bonds is 11. The van der Waals surface area contributed by atoms with Crippen LogP contribution in [0.15, 0.2) is 112 Å². The molecule has 0 unspecified atom stereocenters. The van der Waals surface area contributed by atoms with Crippen molar-refractivity contribution in [1.82, 2.24) is 0 Å². The molecular formula is C26H21F9O5S2. The van der Waals surface area contributed by atoms with Gasteiger partial charge in [-0.2, -0.15) is 39.5 Å². The van der Waals surface area contributed by atoms with Gasteiger partial charge in [0.15, 0.2) is 24.8 Å². The number of alkyl halides is 9. The van der Waals surface area contributed by atoms with Gasteiger partial charge in [-0.3, -0.25) is 0 Å². The quantitative estimate of drug-likeness (QED) is 0.0719. The molecule has 0 fully saturated rings. The Hall–Kier alpha value is -3.37. The third-order valence-corrected chi connectivity index (χ3v) is 8.15. The van der Waals surface area contributed by atoms with E-state index in [1.165, 1.54) is 20.9 Å².